The van der Waals surface area contributed by atoms with Crippen molar-refractivity contribution in [3.8, 4) is 5.75 Å². The van der Waals surface area contributed by atoms with Crippen LogP contribution in [0.5, 0.6) is 5.75 Å². The molecule has 0 aliphatic carbocycles. The zero-order valence-electron chi connectivity index (χ0n) is 14.5. The van der Waals surface area contributed by atoms with Crippen LogP contribution in [0.4, 0.5) is 13.2 Å². The van der Waals surface area contributed by atoms with Gasteiger partial charge in [0.2, 0.25) is 0 Å². The number of ether oxygens (including phenoxy) is 1. The summed E-state index contributed by atoms with van der Waals surface area (Å²) < 4.78 is 44.4. The Kier molecular flexibility index (Phi) is 8.87. The predicted molar refractivity (Wildman–Crippen MR) is 101 cm³/mol. The Bertz CT molecular complexity index is 554. The van der Waals surface area contributed by atoms with Gasteiger partial charge in [0.25, 0.3) is 0 Å². The summed E-state index contributed by atoms with van der Waals surface area (Å²) in [5.41, 5.74) is -0.870. The van der Waals surface area contributed by atoms with E-state index in [4.69, 9.17) is 4.74 Å². The van der Waals surface area contributed by atoms with E-state index in [1.54, 1.807) is 0 Å². The minimum Gasteiger partial charge on any atom is -0.497 e. The highest BCUT2D eigenvalue weighted by Crippen LogP contribution is 2.34. The van der Waals surface area contributed by atoms with Gasteiger partial charge >= 0.3 is 6.18 Å². The zero-order chi connectivity index (χ0) is 17.7. The van der Waals surface area contributed by atoms with Gasteiger partial charge in [0.1, 0.15) is 5.75 Å². The van der Waals surface area contributed by atoms with E-state index in [0.717, 1.165) is 6.07 Å². The molecule has 0 spiro atoms. The van der Waals surface area contributed by atoms with Gasteiger partial charge < -0.3 is 15.4 Å². The molecule has 0 saturated carbocycles. The Morgan fingerprint density at radius 1 is 1.21 bits per heavy atom. The Morgan fingerprint density at radius 2 is 1.83 bits per heavy atom. The van der Waals surface area contributed by atoms with Gasteiger partial charge in [-0.15, -0.1) is 24.0 Å². The topological polar surface area (TPSA) is 45.7 Å². The fraction of sp³-hybridized carbons (Fsp3) is 0.562. The number of hydrogen-bond donors (Lipinski definition) is 2. The third-order valence-electron chi connectivity index (χ3n) is 2.87. The van der Waals surface area contributed by atoms with Crippen molar-refractivity contribution in [2.45, 2.75) is 46.0 Å². The molecule has 8 heteroatoms. The summed E-state index contributed by atoms with van der Waals surface area (Å²) in [7, 11) is 1.34. The number of nitrogens with one attached hydrogen (secondary N) is 2. The lowest BCUT2D eigenvalue weighted by Crippen LogP contribution is -2.47. The normalized spacial score (nSPS) is 12.4. The molecule has 1 aromatic rings. The van der Waals surface area contributed by atoms with Crippen LogP contribution in [0.1, 0.15) is 38.8 Å². The molecule has 0 heterocycles. The van der Waals surface area contributed by atoms with E-state index >= 15 is 0 Å². The van der Waals surface area contributed by atoms with Gasteiger partial charge in [-0.05, 0) is 45.4 Å². The zero-order valence-corrected chi connectivity index (χ0v) is 16.9. The number of nitrogens with zero attached hydrogens (tertiary/aromatic N) is 1. The molecule has 138 valence electrons. The van der Waals surface area contributed by atoms with Crippen LogP contribution in [-0.4, -0.2) is 25.2 Å². The van der Waals surface area contributed by atoms with Gasteiger partial charge in [0, 0.05) is 12.1 Å². The van der Waals surface area contributed by atoms with Crippen LogP contribution >= 0.6 is 24.0 Å². The van der Waals surface area contributed by atoms with Crippen LogP contribution in [0.2, 0.25) is 0 Å². The molecule has 0 radical (unpaired) electrons. The quantitative estimate of drug-likeness (QED) is 0.404. The highest BCUT2D eigenvalue weighted by Gasteiger charge is 2.33. The van der Waals surface area contributed by atoms with Crippen molar-refractivity contribution < 1.29 is 17.9 Å². The summed E-state index contributed by atoms with van der Waals surface area (Å²) in [4.78, 5) is 4.25. The number of methoxy groups -OCH3 is 1. The van der Waals surface area contributed by atoms with Crippen molar-refractivity contribution >= 4 is 29.9 Å². The Balaban J connectivity index is 0.00000529. The Morgan fingerprint density at radius 3 is 2.29 bits per heavy atom. The number of alkyl halides is 3. The van der Waals surface area contributed by atoms with Crippen LogP contribution in [0.15, 0.2) is 23.2 Å². The first-order valence-electron chi connectivity index (χ1n) is 7.37. The smallest absolute Gasteiger partial charge is 0.416 e. The molecule has 0 bridgehead atoms. The third-order valence-corrected chi connectivity index (χ3v) is 2.87. The molecule has 2 N–H and O–H groups in total. The third kappa shape index (κ3) is 7.59. The van der Waals surface area contributed by atoms with Crippen LogP contribution in [0.25, 0.3) is 0 Å². The fourth-order valence-corrected chi connectivity index (χ4v) is 1.91. The number of benzene rings is 1. The number of hydrogen-bond acceptors (Lipinski definition) is 2. The van der Waals surface area contributed by atoms with E-state index in [0.29, 0.717) is 12.5 Å². The molecule has 0 amide bonds. The second kappa shape index (κ2) is 9.33. The summed E-state index contributed by atoms with van der Waals surface area (Å²) in [6, 6.07) is 3.89. The lowest BCUT2D eigenvalue weighted by Gasteiger charge is -2.24. The van der Waals surface area contributed by atoms with Gasteiger partial charge in [0.05, 0.1) is 19.2 Å². The molecule has 0 fully saturated rings. The monoisotopic (exact) mass is 459 g/mol. The van der Waals surface area contributed by atoms with Gasteiger partial charge in [-0.1, -0.05) is 6.07 Å². The molecule has 0 atom stereocenters. The maximum Gasteiger partial charge on any atom is 0.416 e. The molecule has 24 heavy (non-hydrogen) atoms. The van der Waals surface area contributed by atoms with E-state index in [-0.39, 0.29) is 47.4 Å². The summed E-state index contributed by atoms with van der Waals surface area (Å²) in [5, 5.41) is 6.16. The van der Waals surface area contributed by atoms with Crippen LogP contribution in [-0.2, 0) is 12.7 Å². The van der Waals surface area contributed by atoms with Gasteiger partial charge in [0.15, 0.2) is 5.96 Å². The van der Waals surface area contributed by atoms with E-state index in [1.807, 2.05) is 27.7 Å². The van der Waals surface area contributed by atoms with E-state index in [2.05, 4.69) is 15.6 Å². The average Bonchev–Trinajstić information content (AvgIpc) is 2.42. The largest absolute Gasteiger partial charge is 0.497 e. The minimum absolute atomic E-state index is 0. The molecule has 0 saturated heterocycles. The van der Waals surface area contributed by atoms with Crippen molar-refractivity contribution in [3.05, 3.63) is 29.3 Å². The first-order valence-corrected chi connectivity index (χ1v) is 7.37. The van der Waals surface area contributed by atoms with Crippen LogP contribution in [0, 0.1) is 0 Å². The molecular weight excluding hydrogens is 434 g/mol. The number of guanidine groups is 1. The first-order chi connectivity index (χ1) is 10.6. The van der Waals surface area contributed by atoms with E-state index in [1.165, 1.54) is 19.2 Å². The molecule has 0 aliphatic rings. The van der Waals surface area contributed by atoms with E-state index < -0.39 is 11.7 Å². The predicted octanol–water partition coefficient (Wildman–Crippen LogP) is 4.19. The second-order valence-electron chi connectivity index (χ2n) is 6.09. The minimum atomic E-state index is -4.45. The van der Waals surface area contributed by atoms with Gasteiger partial charge in [-0.3, -0.25) is 0 Å². The molecule has 1 rings (SSSR count). The van der Waals surface area contributed by atoms with Crippen molar-refractivity contribution in [3.63, 3.8) is 0 Å². The first kappa shape index (κ1) is 22.8. The maximum atomic E-state index is 13.2. The van der Waals surface area contributed by atoms with Crippen molar-refractivity contribution in [2.75, 3.05) is 13.7 Å². The van der Waals surface area contributed by atoms with Crippen molar-refractivity contribution in [1.82, 2.24) is 10.6 Å². The standard InChI is InChI=1S/C16H24F3N3O.HI/c1-6-20-14(22-15(2,3)4)21-10-11-7-8-12(23-5)9-13(11)16(17,18)19;/h7-9H,6,10H2,1-5H3,(H2,20,21,22);1H. The number of halogens is 4. The van der Waals surface area contributed by atoms with E-state index in [9.17, 15) is 13.2 Å². The van der Waals surface area contributed by atoms with Crippen LogP contribution < -0.4 is 15.4 Å². The second-order valence-corrected chi connectivity index (χ2v) is 6.09. The average molecular weight is 459 g/mol. The fourth-order valence-electron chi connectivity index (χ4n) is 1.91. The SMILES string of the molecule is CCNC(=NCc1ccc(OC)cc1C(F)(F)F)NC(C)(C)C.I. The lowest BCUT2D eigenvalue weighted by molar-refractivity contribution is -0.138. The highest BCUT2D eigenvalue weighted by atomic mass is 127. The van der Waals surface area contributed by atoms with Crippen LogP contribution in [0.3, 0.4) is 0 Å². The summed E-state index contributed by atoms with van der Waals surface area (Å²) in [5.74, 6) is 0.647. The molecule has 0 aliphatic heterocycles. The number of rotatable bonds is 4. The molecule has 4 nitrogen and oxygen atoms in total. The van der Waals surface area contributed by atoms with Gasteiger partial charge in [-0.2, -0.15) is 13.2 Å². The van der Waals surface area contributed by atoms with Crippen molar-refractivity contribution in [2.24, 2.45) is 4.99 Å². The summed E-state index contributed by atoms with van der Waals surface area (Å²) >= 11 is 0. The molecule has 0 aromatic heterocycles. The summed E-state index contributed by atoms with van der Waals surface area (Å²) in [6.07, 6.45) is -4.45. The Labute approximate surface area is 158 Å². The number of aliphatic imine (C=N–C) groups is 1. The summed E-state index contributed by atoms with van der Waals surface area (Å²) in [6.45, 7) is 8.30. The Hall–Kier alpha value is -1.19. The highest BCUT2D eigenvalue weighted by molar-refractivity contribution is 14.0. The lowest BCUT2D eigenvalue weighted by atomic mass is 10.1. The molecule has 1 aromatic carbocycles. The maximum absolute atomic E-state index is 13.2. The molecular formula is C16H25F3IN3O. The van der Waals surface area contributed by atoms with Gasteiger partial charge in [-0.25, -0.2) is 4.99 Å². The molecule has 0 unspecified atom stereocenters. The van der Waals surface area contributed by atoms with Crippen molar-refractivity contribution in [1.29, 1.82) is 0 Å².